The van der Waals surface area contributed by atoms with Crippen LogP contribution in [0, 0.1) is 6.92 Å². The van der Waals surface area contributed by atoms with Gasteiger partial charge in [-0.2, -0.15) is 0 Å². The van der Waals surface area contributed by atoms with Gasteiger partial charge in [-0.3, -0.25) is 0 Å². The Balaban J connectivity index is 2.15. The molecule has 0 fully saturated rings. The smallest absolute Gasteiger partial charge is 0.323 e. The van der Waals surface area contributed by atoms with Crippen LogP contribution < -0.4 is 24.8 Å². The summed E-state index contributed by atoms with van der Waals surface area (Å²) < 4.78 is 15.6. The van der Waals surface area contributed by atoms with Crippen LogP contribution in [-0.2, 0) is 0 Å². The Hall–Kier alpha value is -2.60. The number of anilines is 2. The van der Waals surface area contributed by atoms with Gasteiger partial charge in [0.05, 0.1) is 27.0 Å². The summed E-state index contributed by atoms with van der Waals surface area (Å²) >= 11 is 6.06. The molecule has 0 atom stereocenters. The number of nitrogens with one attached hydrogen (secondary N) is 2. The summed E-state index contributed by atoms with van der Waals surface area (Å²) in [7, 11) is 4.59. The predicted octanol–water partition coefficient (Wildman–Crippen LogP) is 4.32. The molecule has 0 aromatic heterocycles. The van der Waals surface area contributed by atoms with E-state index in [4.69, 9.17) is 25.8 Å². The lowest BCUT2D eigenvalue weighted by atomic mass is 10.2. The molecule has 0 aliphatic carbocycles. The first-order valence-corrected chi connectivity index (χ1v) is 7.50. The van der Waals surface area contributed by atoms with E-state index in [0.717, 1.165) is 5.56 Å². The van der Waals surface area contributed by atoms with E-state index >= 15 is 0 Å². The van der Waals surface area contributed by atoms with Gasteiger partial charge in [-0.05, 0) is 30.7 Å². The Morgan fingerprint density at radius 2 is 1.58 bits per heavy atom. The molecule has 2 N–H and O–H groups in total. The number of benzene rings is 2. The minimum atomic E-state index is -0.415. The third-order valence-corrected chi connectivity index (χ3v) is 3.78. The molecule has 0 spiro atoms. The molecule has 0 unspecified atom stereocenters. The number of amides is 2. The molecule has 128 valence electrons. The molecule has 2 amide bonds. The van der Waals surface area contributed by atoms with Crippen molar-refractivity contribution in [3.8, 4) is 17.2 Å². The summed E-state index contributed by atoms with van der Waals surface area (Å²) in [6.45, 7) is 1.85. The normalized spacial score (nSPS) is 10.0. The van der Waals surface area contributed by atoms with Crippen LogP contribution in [0.4, 0.5) is 16.2 Å². The Kier molecular flexibility index (Phi) is 5.76. The maximum atomic E-state index is 12.2. The van der Waals surface area contributed by atoms with Crippen molar-refractivity contribution in [1.29, 1.82) is 0 Å². The highest BCUT2D eigenvalue weighted by Crippen LogP contribution is 2.32. The number of urea groups is 1. The fourth-order valence-corrected chi connectivity index (χ4v) is 2.28. The molecule has 0 saturated heterocycles. The van der Waals surface area contributed by atoms with E-state index in [1.807, 2.05) is 6.92 Å². The first-order valence-electron chi connectivity index (χ1n) is 7.12. The summed E-state index contributed by atoms with van der Waals surface area (Å²) in [6.07, 6.45) is 0. The predicted molar refractivity (Wildman–Crippen MR) is 94.9 cm³/mol. The van der Waals surface area contributed by atoms with Gasteiger partial charge in [-0.25, -0.2) is 4.79 Å². The summed E-state index contributed by atoms with van der Waals surface area (Å²) in [5.41, 5.74) is 1.92. The summed E-state index contributed by atoms with van der Waals surface area (Å²) in [4.78, 5) is 12.2. The first-order chi connectivity index (χ1) is 11.5. The molecule has 7 heteroatoms. The molecule has 6 nitrogen and oxygen atoms in total. The van der Waals surface area contributed by atoms with Gasteiger partial charge < -0.3 is 24.8 Å². The second kappa shape index (κ2) is 7.79. The zero-order valence-corrected chi connectivity index (χ0v) is 14.7. The highest BCUT2D eigenvalue weighted by Gasteiger charge is 2.12. The van der Waals surface area contributed by atoms with Crippen molar-refractivity contribution < 1.29 is 19.0 Å². The Morgan fingerprint density at radius 1 is 0.917 bits per heavy atom. The van der Waals surface area contributed by atoms with Gasteiger partial charge in [0.15, 0.2) is 11.5 Å². The molecule has 24 heavy (non-hydrogen) atoms. The van der Waals surface area contributed by atoms with E-state index in [1.165, 1.54) is 14.2 Å². The SMILES string of the molecule is COc1cc(Cl)c(C)cc1NC(=O)Nc1ccc(OC)c(OC)c1. The van der Waals surface area contributed by atoms with E-state index in [-0.39, 0.29) is 0 Å². The van der Waals surface area contributed by atoms with Crippen LogP contribution in [0.25, 0.3) is 0 Å². The number of hydrogen-bond donors (Lipinski definition) is 2. The van der Waals surface area contributed by atoms with Crippen LogP contribution in [0.3, 0.4) is 0 Å². The first kappa shape index (κ1) is 17.7. The highest BCUT2D eigenvalue weighted by molar-refractivity contribution is 6.31. The van der Waals surface area contributed by atoms with Gasteiger partial charge in [-0.1, -0.05) is 11.6 Å². The largest absolute Gasteiger partial charge is 0.495 e. The average molecular weight is 351 g/mol. The van der Waals surface area contributed by atoms with Crippen molar-refractivity contribution in [3.05, 3.63) is 40.9 Å². The number of hydrogen-bond acceptors (Lipinski definition) is 4. The van der Waals surface area contributed by atoms with Crippen molar-refractivity contribution in [1.82, 2.24) is 0 Å². The Bertz CT molecular complexity index is 750. The number of rotatable bonds is 5. The molecule has 2 aromatic rings. The van der Waals surface area contributed by atoms with Crippen LogP contribution in [0.5, 0.6) is 17.2 Å². The highest BCUT2D eigenvalue weighted by atomic mass is 35.5. The lowest BCUT2D eigenvalue weighted by molar-refractivity contribution is 0.262. The van der Waals surface area contributed by atoms with Gasteiger partial charge in [-0.15, -0.1) is 0 Å². The number of ether oxygens (including phenoxy) is 3. The molecule has 0 radical (unpaired) electrons. The maximum Gasteiger partial charge on any atom is 0.323 e. The Labute approximate surface area is 145 Å². The fourth-order valence-electron chi connectivity index (χ4n) is 2.13. The molecule has 0 heterocycles. The molecule has 2 aromatic carbocycles. The molecule has 0 saturated carbocycles. The van der Waals surface area contributed by atoms with Gasteiger partial charge >= 0.3 is 6.03 Å². The van der Waals surface area contributed by atoms with Crippen molar-refractivity contribution in [2.24, 2.45) is 0 Å². The monoisotopic (exact) mass is 350 g/mol. The topological polar surface area (TPSA) is 68.8 Å². The second-order valence-corrected chi connectivity index (χ2v) is 5.36. The number of halogens is 1. The molecule has 2 rings (SSSR count). The summed E-state index contributed by atoms with van der Waals surface area (Å²) in [5, 5.41) is 6.03. The van der Waals surface area contributed by atoms with E-state index < -0.39 is 6.03 Å². The van der Waals surface area contributed by atoms with Crippen molar-refractivity contribution in [2.75, 3.05) is 32.0 Å². The number of carbonyl (C=O) groups excluding carboxylic acids is 1. The standard InChI is InChI=1S/C17H19ClN2O4/c1-10-7-13(15(23-3)9-12(10)18)20-17(21)19-11-5-6-14(22-2)16(8-11)24-4/h5-9H,1-4H3,(H2,19,20,21). The van der Waals surface area contributed by atoms with Crippen LogP contribution in [0.15, 0.2) is 30.3 Å². The number of carbonyl (C=O) groups is 1. The summed E-state index contributed by atoms with van der Waals surface area (Å²) in [5.74, 6) is 1.58. The van der Waals surface area contributed by atoms with Crippen molar-refractivity contribution in [2.45, 2.75) is 6.92 Å². The quantitative estimate of drug-likeness (QED) is 0.842. The van der Waals surface area contributed by atoms with E-state index in [1.54, 1.807) is 37.4 Å². The average Bonchev–Trinajstić information content (AvgIpc) is 2.57. The summed E-state index contributed by atoms with van der Waals surface area (Å²) in [6, 6.07) is 8.08. The van der Waals surface area contributed by atoms with E-state index in [9.17, 15) is 4.79 Å². The van der Waals surface area contributed by atoms with Crippen LogP contribution in [-0.4, -0.2) is 27.4 Å². The van der Waals surface area contributed by atoms with Gasteiger partial charge in [0, 0.05) is 22.8 Å². The fraction of sp³-hybridized carbons (Fsp3) is 0.235. The van der Waals surface area contributed by atoms with Crippen LogP contribution >= 0.6 is 11.6 Å². The molecule has 0 aliphatic heterocycles. The zero-order chi connectivity index (χ0) is 17.7. The van der Waals surface area contributed by atoms with E-state index in [2.05, 4.69) is 10.6 Å². The van der Waals surface area contributed by atoms with Gasteiger partial charge in [0.25, 0.3) is 0 Å². The number of aryl methyl sites for hydroxylation is 1. The van der Waals surface area contributed by atoms with Crippen molar-refractivity contribution in [3.63, 3.8) is 0 Å². The van der Waals surface area contributed by atoms with Gasteiger partial charge in [0.2, 0.25) is 0 Å². The minimum absolute atomic E-state index is 0.415. The maximum absolute atomic E-state index is 12.2. The van der Waals surface area contributed by atoms with E-state index in [0.29, 0.717) is 33.6 Å². The minimum Gasteiger partial charge on any atom is -0.495 e. The lowest BCUT2D eigenvalue weighted by Gasteiger charge is -2.14. The zero-order valence-electron chi connectivity index (χ0n) is 13.9. The Morgan fingerprint density at radius 3 is 2.21 bits per heavy atom. The second-order valence-electron chi connectivity index (χ2n) is 4.95. The third kappa shape index (κ3) is 4.02. The lowest BCUT2D eigenvalue weighted by Crippen LogP contribution is -2.20. The van der Waals surface area contributed by atoms with Crippen LogP contribution in [0.2, 0.25) is 5.02 Å². The molecular formula is C17H19ClN2O4. The van der Waals surface area contributed by atoms with Crippen LogP contribution in [0.1, 0.15) is 5.56 Å². The van der Waals surface area contributed by atoms with Gasteiger partial charge in [0.1, 0.15) is 5.75 Å². The molecule has 0 aliphatic rings. The number of methoxy groups -OCH3 is 3. The third-order valence-electron chi connectivity index (χ3n) is 3.37. The molecular weight excluding hydrogens is 332 g/mol. The van der Waals surface area contributed by atoms with Crippen molar-refractivity contribution >= 4 is 29.0 Å². The molecule has 0 bridgehead atoms.